The normalized spacial score (nSPS) is 21.4. The fourth-order valence-electron chi connectivity index (χ4n) is 0.936. The van der Waals surface area contributed by atoms with Crippen LogP contribution in [0.3, 0.4) is 0 Å². The van der Waals surface area contributed by atoms with Crippen LogP contribution in [0, 0.1) is 5.41 Å². The van der Waals surface area contributed by atoms with Crippen molar-refractivity contribution in [3.05, 3.63) is 0 Å². The molecular weight excluding hydrogens is 136 g/mol. The first-order valence-corrected chi connectivity index (χ1v) is 3.69. The molecule has 1 aliphatic carbocycles. The average molecular weight is 146 g/mol. The Kier molecular flexibility index (Phi) is 1.70. The van der Waals surface area contributed by atoms with Crippen LogP contribution in [0.15, 0.2) is 0 Å². The molecule has 9 heavy (non-hydrogen) atoms. The maximum Gasteiger partial charge on any atom is 0.309 e. The van der Waals surface area contributed by atoms with Gasteiger partial charge in [0.05, 0.1) is 5.41 Å². The van der Waals surface area contributed by atoms with Crippen molar-refractivity contribution in [1.82, 2.24) is 0 Å². The smallest absolute Gasteiger partial charge is 0.309 e. The number of aliphatic carboxylic acids is 1. The van der Waals surface area contributed by atoms with E-state index in [4.69, 9.17) is 5.11 Å². The number of carbonyl (C=O) groups is 1. The third-order valence-electron chi connectivity index (χ3n) is 1.90. The molecule has 0 radical (unpaired) electrons. The van der Waals surface area contributed by atoms with Gasteiger partial charge in [-0.25, -0.2) is 0 Å². The summed E-state index contributed by atoms with van der Waals surface area (Å²) in [4.78, 5) is 10.4. The van der Waals surface area contributed by atoms with Gasteiger partial charge in [-0.2, -0.15) is 12.6 Å². The predicted octanol–water partition coefficient (Wildman–Crippen LogP) is 1.17. The monoisotopic (exact) mass is 146 g/mol. The highest BCUT2D eigenvalue weighted by atomic mass is 32.1. The zero-order valence-electron chi connectivity index (χ0n) is 5.13. The van der Waals surface area contributed by atoms with Crippen molar-refractivity contribution >= 4 is 18.6 Å². The summed E-state index contributed by atoms with van der Waals surface area (Å²) in [6.45, 7) is 0. The number of rotatable bonds is 3. The first-order chi connectivity index (χ1) is 4.21. The van der Waals surface area contributed by atoms with E-state index in [1.54, 1.807) is 0 Å². The number of hydrogen-bond acceptors (Lipinski definition) is 2. The topological polar surface area (TPSA) is 37.3 Å². The van der Waals surface area contributed by atoms with Crippen molar-refractivity contribution in [2.24, 2.45) is 5.41 Å². The highest BCUT2D eigenvalue weighted by Crippen LogP contribution is 2.48. The van der Waals surface area contributed by atoms with E-state index in [1.165, 1.54) is 0 Å². The summed E-state index contributed by atoms with van der Waals surface area (Å²) in [7, 11) is 0. The summed E-state index contributed by atoms with van der Waals surface area (Å²) in [6, 6.07) is 0. The van der Waals surface area contributed by atoms with Crippen LogP contribution in [0.1, 0.15) is 19.3 Å². The summed E-state index contributed by atoms with van der Waals surface area (Å²) in [5.74, 6) is 0.0447. The Bertz CT molecular complexity index is 129. The molecule has 3 heteroatoms. The van der Waals surface area contributed by atoms with Gasteiger partial charge in [0, 0.05) is 0 Å². The van der Waals surface area contributed by atoms with Crippen molar-refractivity contribution in [3.63, 3.8) is 0 Å². The first-order valence-electron chi connectivity index (χ1n) is 3.05. The summed E-state index contributed by atoms with van der Waals surface area (Å²) in [5, 5.41) is 8.60. The maximum absolute atomic E-state index is 10.4. The molecule has 1 aliphatic rings. The Labute approximate surface area is 59.7 Å². The second kappa shape index (κ2) is 2.21. The molecule has 1 rings (SSSR count). The minimum atomic E-state index is -0.642. The molecule has 0 saturated heterocycles. The highest BCUT2D eigenvalue weighted by molar-refractivity contribution is 7.80. The van der Waals surface area contributed by atoms with Gasteiger partial charge >= 0.3 is 5.97 Å². The van der Waals surface area contributed by atoms with Crippen LogP contribution in [0.25, 0.3) is 0 Å². The Morgan fingerprint density at radius 2 is 2.22 bits per heavy atom. The molecule has 1 saturated carbocycles. The molecule has 2 nitrogen and oxygen atoms in total. The minimum Gasteiger partial charge on any atom is -0.481 e. The molecule has 1 fully saturated rings. The van der Waals surface area contributed by atoms with Crippen molar-refractivity contribution in [2.75, 3.05) is 5.75 Å². The van der Waals surface area contributed by atoms with E-state index in [0.29, 0.717) is 5.75 Å². The highest BCUT2D eigenvalue weighted by Gasteiger charge is 2.49. The third kappa shape index (κ3) is 1.21. The number of thiol groups is 1. The number of carboxylic acids is 1. The molecule has 0 spiro atoms. The zero-order chi connectivity index (χ0) is 6.91. The minimum absolute atomic E-state index is 0.359. The van der Waals surface area contributed by atoms with Crippen LogP contribution in [0.5, 0.6) is 0 Å². The van der Waals surface area contributed by atoms with Crippen molar-refractivity contribution in [2.45, 2.75) is 19.3 Å². The van der Waals surface area contributed by atoms with Crippen LogP contribution >= 0.6 is 12.6 Å². The van der Waals surface area contributed by atoms with Gasteiger partial charge in [0.25, 0.3) is 0 Å². The lowest BCUT2D eigenvalue weighted by Gasteiger charge is -2.04. The van der Waals surface area contributed by atoms with Gasteiger partial charge < -0.3 is 5.11 Å². The fourth-order valence-corrected chi connectivity index (χ4v) is 1.36. The number of hydrogen-bond donors (Lipinski definition) is 2. The quantitative estimate of drug-likeness (QED) is 0.586. The van der Waals surface area contributed by atoms with Gasteiger partial charge in [0.15, 0.2) is 0 Å². The van der Waals surface area contributed by atoms with Crippen molar-refractivity contribution in [3.8, 4) is 0 Å². The molecular formula is C6H10O2S. The van der Waals surface area contributed by atoms with E-state index >= 15 is 0 Å². The van der Waals surface area contributed by atoms with Crippen LogP contribution < -0.4 is 0 Å². The Balaban J connectivity index is 2.43. The van der Waals surface area contributed by atoms with Gasteiger partial charge in [-0.15, -0.1) is 0 Å². The van der Waals surface area contributed by atoms with E-state index in [1.807, 2.05) is 0 Å². The molecule has 0 unspecified atom stereocenters. The molecule has 0 atom stereocenters. The van der Waals surface area contributed by atoms with Gasteiger partial charge in [-0.05, 0) is 25.0 Å². The lowest BCUT2D eigenvalue weighted by atomic mass is 10.1. The lowest BCUT2D eigenvalue weighted by Crippen LogP contribution is -2.14. The van der Waals surface area contributed by atoms with E-state index in [2.05, 4.69) is 12.6 Å². The lowest BCUT2D eigenvalue weighted by molar-refractivity contribution is -0.143. The second-order valence-electron chi connectivity index (χ2n) is 2.56. The molecule has 0 bridgehead atoms. The van der Waals surface area contributed by atoms with E-state index in [0.717, 1.165) is 19.3 Å². The molecule has 1 N–H and O–H groups in total. The van der Waals surface area contributed by atoms with Crippen LogP contribution in [0.2, 0.25) is 0 Å². The maximum atomic E-state index is 10.4. The van der Waals surface area contributed by atoms with Crippen molar-refractivity contribution < 1.29 is 9.90 Å². The fraction of sp³-hybridized carbons (Fsp3) is 0.833. The summed E-state index contributed by atoms with van der Waals surface area (Å²) in [5.41, 5.74) is -0.359. The Morgan fingerprint density at radius 1 is 1.67 bits per heavy atom. The summed E-state index contributed by atoms with van der Waals surface area (Å²) in [6.07, 6.45) is 2.43. The molecule has 0 heterocycles. The van der Waals surface area contributed by atoms with Gasteiger partial charge in [-0.3, -0.25) is 4.79 Å². The molecule has 52 valence electrons. The SMILES string of the molecule is O=C(O)C1(CCS)CC1. The zero-order valence-corrected chi connectivity index (χ0v) is 6.03. The molecule has 0 aliphatic heterocycles. The van der Waals surface area contributed by atoms with E-state index in [-0.39, 0.29) is 5.41 Å². The van der Waals surface area contributed by atoms with Crippen molar-refractivity contribution in [1.29, 1.82) is 0 Å². The van der Waals surface area contributed by atoms with E-state index < -0.39 is 5.97 Å². The molecule has 0 aromatic carbocycles. The molecule has 0 amide bonds. The van der Waals surface area contributed by atoms with E-state index in [9.17, 15) is 4.79 Å². The first kappa shape index (κ1) is 6.93. The Morgan fingerprint density at radius 3 is 2.33 bits per heavy atom. The molecule has 0 aromatic rings. The van der Waals surface area contributed by atoms with Gasteiger partial charge in [-0.1, -0.05) is 0 Å². The van der Waals surface area contributed by atoms with Crippen LogP contribution in [0.4, 0.5) is 0 Å². The largest absolute Gasteiger partial charge is 0.481 e. The van der Waals surface area contributed by atoms with Crippen LogP contribution in [-0.4, -0.2) is 16.8 Å². The second-order valence-corrected chi connectivity index (χ2v) is 3.01. The molecule has 0 aromatic heterocycles. The third-order valence-corrected chi connectivity index (χ3v) is 2.12. The summed E-state index contributed by atoms with van der Waals surface area (Å²) < 4.78 is 0. The Hall–Kier alpha value is -0.180. The standard InChI is InChI=1S/C6H10O2S/c7-5(8)6(1-2-6)3-4-9/h9H,1-4H2,(H,7,8). The summed E-state index contributed by atoms with van der Waals surface area (Å²) >= 11 is 3.99. The van der Waals surface area contributed by atoms with Gasteiger partial charge in [0.2, 0.25) is 0 Å². The van der Waals surface area contributed by atoms with Gasteiger partial charge in [0.1, 0.15) is 0 Å². The predicted molar refractivity (Wildman–Crippen MR) is 37.8 cm³/mol. The average Bonchev–Trinajstić information content (AvgIpc) is 2.49. The number of carboxylic acid groups (broad SMARTS) is 1. The van der Waals surface area contributed by atoms with Crippen LogP contribution in [-0.2, 0) is 4.79 Å².